The molecule has 0 unspecified atom stereocenters. The van der Waals surface area contributed by atoms with E-state index in [-0.39, 0.29) is 5.69 Å². The van der Waals surface area contributed by atoms with Crippen LogP contribution in [-0.2, 0) is 4.79 Å². The van der Waals surface area contributed by atoms with Crippen LogP contribution in [0.1, 0.15) is 0 Å². The zero-order valence-electron chi connectivity index (χ0n) is 6.72. The Kier molecular flexibility index (Phi) is 2.55. The van der Waals surface area contributed by atoms with E-state index < -0.39 is 17.5 Å². The summed E-state index contributed by atoms with van der Waals surface area (Å²) in [5.41, 5.74) is -0.297. The van der Waals surface area contributed by atoms with E-state index in [0.717, 1.165) is 17.0 Å². The Balaban J connectivity index is 3.25. The molecule has 5 heteroatoms. The molecule has 0 saturated carbocycles. The normalized spacial score (nSPS) is 9.85. The molecule has 70 valence electrons. The monoisotopic (exact) mass is 189 g/mol. The third-order valence-electron chi connectivity index (χ3n) is 1.55. The van der Waals surface area contributed by atoms with Crippen LogP contribution in [0.25, 0.3) is 0 Å². The van der Waals surface area contributed by atoms with Gasteiger partial charge >= 0.3 is 0 Å². The summed E-state index contributed by atoms with van der Waals surface area (Å²) >= 11 is 0. The highest BCUT2D eigenvalue weighted by Gasteiger charge is 2.15. The molecule has 2 nitrogen and oxygen atoms in total. The number of benzene rings is 1. The molecule has 0 heterocycles. The molecule has 0 saturated heterocycles. The van der Waals surface area contributed by atoms with E-state index in [4.69, 9.17) is 0 Å². The number of amides is 1. The molecule has 13 heavy (non-hydrogen) atoms. The molecule has 0 bridgehead atoms. The van der Waals surface area contributed by atoms with Gasteiger partial charge in [0.1, 0.15) is 0 Å². The molecule has 0 N–H and O–H groups in total. The minimum atomic E-state index is -1.58. The van der Waals surface area contributed by atoms with Gasteiger partial charge in [-0.05, 0) is 12.1 Å². The van der Waals surface area contributed by atoms with Gasteiger partial charge in [0.15, 0.2) is 17.5 Å². The Hall–Kier alpha value is -1.52. The van der Waals surface area contributed by atoms with Crippen molar-refractivity contribution in [2.24, 2.45) is 0 Å². The summed E-state index contributed by atoms with van der Waals surface area (Å²) in [5, 5.41) is 0. The fourth-order valence-electron chi connectivity index (χ4n) is 0.845. The van der Waals surface area contributed by atoms with Crippen LogP contribution in [0.15, 0.2) is 12.1 Å². The minimum absolute atomic E-state index is 0.297. The highest BCUT2D eigenvalue weighted by molar-refractivity contribution is 5.74. The third kappa shape index (κ3) is 1.63. The Morgan fingerprint density at radius 1 is 1.23 bits per heavy atom. The van der Waals surface area contributed by atoms with Crippen LogP contribution >= 0.6 is 0 Å². The number of hydrogen-bond donors (Lipinski definition) is 0. The van der Waals surface area contributed by atoms with Gasteiger partial charge in [-0.15, -0.1) is 0 Å². The second-order valence-electron chi connectivity index (χ2n) is 2.41. The highest BCUT2D eigenvalue weighted by atomic mass is 19.2. The predicted octanol–water partition coefficient (Wildman–Crippen LogP) is 1.70. The summed E-state index contributed by atoms with van der Waals surface area (Å²) in [6.07, 6.45) is 0.301. The van der Waals surface area contributed by atoms with Gasteiger partial charge in [-0.2, -0.15) is 0 Å². The van der Waals surface area contributed by atoms with E-state index >= 15 is 0 Å². The van der Waals surface area contributed by atoms with Crippen molar-refractivity contribution < 1.29 is 18.0 Å². The van der Waals surface area contributed by atoms with Crippen LogP contribution in [0.5, 0.6) is 0 Å². The molecule has 1 amide bonds. The lowest BCUT2D eigenvalue weighted by atomic mass is 10.2. The predicted molar refractivity (Wildman–Crippen MR) is 40.8 cm³/mol. The van der Waals surface area contributed by atoms with E-state index in [1.54, 1.807) is 0 Å². The number of anilines is 1. The number of carbonyl (C=O) groups excluding carboxylic acids is 1. The van der Waals surface area contributed by atoms with Crippen LogP contribution in [0, 0.1) is 17.5 Å². The molecule has 0 aliphatic carbocycles. The van der Waals surface area contributed by atoms with Gasteiger partial charge in [-0.3, -0.25) is 4.79 Å². The van der Waals surface area contributed by atoms with Crippen LogP contribution < -0.4 is 4.90 Å². The summed E-state index contributed by atoms with van der Waals surface area (Å²) in [7, 11) is 1.24. The maximum Gasteiger partial charge on any atom is 0.213 e. The molecule has 0 atom stereocenters. The van der Waals surface area contributed by atoms with Gasteiger partial charge < -0.3 is 4.90 Å². The summed E-state index contributed by atoms with van der Waals surface area (Å²) in [6.45, 7) is 0. The average Bonchev–Trinajstić information content (AvgIpc) is 2.13. The Labute approximate surface area is 72.6 Å². The zero-order chi connectivity index (χ0) is 10.0. The van der Waals surface area contributed by atoms with Gasteiger partial charge in [0.05, 0.1) is 5.69 Å². The number of halogens is 3. The Morgan fingerprint density at radius 3 is 2.38 bits per heavy atom. The number of carbonyl (C=O) groups is 1. The van der Waals surface area contributed by atoms with Crippen molar-refractivity contribution in [3.8, 4) is 0 Å². The first-order chi connectivity index (χ1) is 6.07. The van der Waals surface area contributed by atoms with Gasteiger partial charge in [0.2, 0.25) is 6.41 Å². The van der Waals surface area contributed by atoms with E-state index in [0.29, 0.717) is 6.41 Å². The van der Waals surface area contributed by atoms with Crippen molar-refractivity contribution in [1.29, 1.82) is 0 Å². The molecule has 1 aromatic carbocycles. The lowest BCUT2D eigenvalue weighted by Crippen LogP contribution is -2.16. The molecule has 0 radical (unpaired) electrons. The summed E-state index contributed by atoms with van der Waals surface area (Å²) in [6, 6.07) is 1.75. The summed E-state index contributed by atoms with van der Waals surface area (Å²) in [4.78, 5) is 11.0. The quantitative estimate of drug-likeness (QED) is 0.512. The van der Waals surface area contributed by atoms with Crippen molar-refractivity contribution in [3.63, 3.8) is 0 Å². The molecular weight excluding hydrogens is 183 g/mol. The van der Waals surface area contributed by atoms with Crippen LogP contribution in [0.4, 0.5) is 18.9 Å². The molecule has 0 fully saturated rings. The van der Waals surface area contributed by atoms with Crippen molar-refractivity contribution in [3.05, 3.63) is 29.6 Å². The second-order valence-corrected chi connectivity index (χ2v) is 2.41. The summed E-state index contributed by atoms with van der Waals surface area (Å²) in [5.74, 6) is -4.22. The molecule has 1 aromatic rings. The van der Waals surface area contributed by atoms with Crippen LogP contribution in [0.2, 0.25) is 0 Å². The van der Waals surface area contributed by atoms with Crippen LogP contribution in [-0.4, -0.2) is 13.5 Å². The SMILES string of the molecule is CN(C=O)c1ccc(F)c(F)c1F. The summed E-state index contributed by atoms with van der Waals surface area (Å²) < 4.78 is 37.9. The number of nitrogens with zero attached hydrogens (tertiary/aromatic N) is 1. The molecule has 0 spiro atoms. The maximum absolute atomic E-state index is 12.9. The van der Waals surface area contributed by atoms with E-state index in [1.165, 1.54) is 7.05 Å². The maximum atomic E-state index is 12.9. The number of hydrogen-bond acceptors (Lipinski definition) is 1. The van der Waals surface area contributed by atoms with Crippen LogP contribution in [0.3, 0.4) is 0 Å². The van der Waals surface area contributed by atoms with Gasteiger partial charge in [-0.25, -0.2) is 13.2 Å². The molecule has 0 aliphatic heterocycles. The van der Waals surface area contributed by atoms with Gasteiger partial charge in [0.25, 0.3) is 0 Å². The first kappa shape index (κ1) is 9.57. The minimum Gasteiger partial charge on any atom is -0.315 e. The molecular formula is C8H6F3NO. The standard InChI is InChI=1S/C8H6F3NO/c1-12(4-13)6-3-2-5(9)7(10)8(6)11/h2-4H,1H3. The highest BCUT2D eigenvalue weighted by Crippen LogP contribution is 2.21. The largest absolute Gasteiger partial charge is 0.315 e. The molecule has 0 aliphatic rings. The smallest absolute Gasteiger partial charge is 0.213 e. The van der Waals surface area contributed by atoms with E-state index in [9.17, 15) is 18.0 Å². The lowest BCUT2D eigenvalue weighted by Gasteiger charge is -2.11. The second kappa shape index (κ2) is 3.47. The van der Waals surface area contributed by atoms with Gasteiger partial charge in [-0.1, -0.05) is 0 Å². The van der Waals surface area contributed by atoms with Crippen molar-refractivity contribution in [2.75, 3.05) is 11.9 Å². The third-order valence-corrected chi connectivity index (χ3v) is 1.55. The fraction of sp³-hybridized carbons (Fsp3) is 0.125. The molecule has 1 rings (SSSR count). The Morgan fingerprint density at radius 2 is 1.85 bits per heavy atom. The average molecular weight is 189 g/mol. The lowest BCUT2D eigenvalue weighted by molar-refractivity contribution is -0.107. The van der Waals surface area contributed by atoms with Crippen molar-refractivity contribution >= 4 is 12.1 Å². The van der Waals surface area contributed by atoms with E-state index in [2.05, 4.69) is 0 Å². The Bertz CT molecular complexity index is 340. The van der Waals surface area contributed by atoms with E-state index in [1.807, 2.05) is 0 Å². The molecule has 0 aromatic heterocycles. The van der Waals surface area contributed by atoms with Gasteiger partial charge in [0, 0.05) is 7.05 Å². The topological polar surface area (TPSA) is 20.3 Å². The fourth-order valence-corrected chi connectivity index (χ4v) is 0.845. The number of rotatable bonds is 2. The first-order valence-electron chi connectivity index (χ1n) is 3.39. The first-order valence-corrected chi connectivity index (χ1v) is 3.39. The van der Waals surface area contributed by atoms with Crippen molar-refractivity contribution in [1.82, 2.24) is 0 Å². The zero-order valence-corrected chi connectivity index (χ0v) is 6.72. The van der Waals surface area contributed by atoms with Crippen molar-refractivity contribution in [2.45, 2.75) is 0 Å².